The van der Waals surface area contributed by atoms with Crippen LogP contribution in [0.15, 0.2) is 29.8 Å². The lowest BCUT2D eigenvalue weighted by molar-refractivity contribution is 0.277. The van der Waals surface area contributed by atoms with E-state index in [0.29, 0.717) is 18.3 Å². The van der Waals surface area contributed by atoms with Gasteiger partial charge in [-0.1, -0.05) is 13.0 Å². The number of nitrogens with zero attached hydrogens (tertiary/aromatic N) is 2. The highest BCUT2D eigenvalue weighted by atomic mass is 127. The maximum absolute atomic E-state index is 6.17. The fraction of sp³-hybridized carbons (Fsp3) is 0.526. The smallest absolute Gasteiger partial charge is 0.191 e. The summed E-state index contributed by atoms with van der Waals surface area (Å²) in [5, 5.41) is 0. The molecule has 1 aliphatic heterocycles. The second-order valence-corrected chi connectivity index (χ2v) is 6.33. The molecule has 140 valence electrons. The van der Waals surface area contributed by atoms with E-state index in [0.717, 1.165) is 42.3 Å². The molecule has 1 aromatic carbocycles. The summed E-state index contributed by atoms with van der Waals surface area (Å²) in [5.41, 5.74) is 8.27. The van der Waals surface area contributed by atoms with Gasteiger partial charge >= 0.3 is 0 Å². The number of methoxy groups -OCH3 is 2. The highest BCUT2D eigenvalue weighted by Gasteiger charge is 2.17. The Hall–Kier alpha value is -1.44. The van der Waals surface area contributed by atoms with Gasteiger partial charge in [-0.15, -0.1) is 30.6 Å². The highest BCUT2D eigenvalue weighted by molar-refractivity contribution is 14.0. The predicted octanol–water partition coefficient (Wildman–Crippen LogP) is 3.60. The van der Waals surface area contributed by atoms with Crippen LogP contribution in [0.2, 0.25) is 0 Å². The fourth-order valence-corrected chi connectivity index (χ4v) is 3.01. The van der Waals surface area contributed by atoms with E-state index in [-0.39, 0.29) is 24.0 Å². The van der Waals surface area contributed by atoms with Gasteiger partial charge in [0.25, 0.3) is 0 Å². The van der Waals surface area contributed by atoms with Crippen LogP contribution in [0.5, 0.6) is 11.5 Å². The maximum atomic E-state index is 6.17. The third kappa shape index (κ3) is 5.80. The molecule has 0 unspecified atom stereocenters. The zero-order chi connectivity index (χ0) is 17.5. The number of piperidine rings is 1. The number of hydrogen-bond donors (Lipinski definition) is 1. The molecule has 2 N–H and O–H groups in total. The Labute approximate surface area is 168 Å². The van der Waals surface area contributed by atoms with Gasteiger partial charge in [-0.25, -0.2) is 4.99 Å². The molecule has 2 rings (SSSR count). The molecule has 0 saturated carbocycles. The monoisotopic (exact) mass is 459 g/mol. The summed E-state index contributed by atoms with van der Waals surface area (Å²) in [6.45, 7) is 8.61. The predicted molar refractivity (Wildman–Crippen MR) is 114 cm³/mol. The summed E-state index contributed by atoms with van der Waals surface area (Å²) in [4.78, 5) is 6.75. The van der Waals surface area contributed by atoms with Crippen molar-refractivity contribution in [2.45, 2.75) is 32.7 Å². The van der Waals surface area contributed by atoms with E-state index >= 15 is 0 Å². The molecule has 6 heteroatoms. The van der Waals surface area contributed by atoms with Gasteiger partial charge in [-0.3, -0.25) is 0 Å². The van der Waals surface area contributed by atoms with Crippen LogP contribution in [0.25, 0.3) is 0 Å². The molecule has 1 heterocycles. The molecule has 0 amide bonds. The average molecular weight is 459 g/mol. The number of aliphatic imine (C=N–C) groups is 1. The Bertz CT molecular complexity index is 597. The molecule has 1 saturated heterocycles. The number of allylic oxidation sites excluding steroid dienone is 1. The second-order valence-electron chi connectivity index (χ2n) is 6.33. The molecule has 0 atom stereocenters. The minimum absolute atomic E-state index is 0. The van der Waals surface area contributed by atoms with Gasteiger partial charge in [-0.2, -0.15) is 0 Å². The summed E-state index contributed by atoms with van der Waals surface area (Å²) in [5.74, 6) is 2.87. The van der Waals surface area contributed by atoms with Crippen LogP contribution in [0.3, 0.4) is 0 Å². The van der Waals surface area contributed by atoms with E-state index in [1.807, 2.05) is 12.1 Å². The molecule has 0 aliphatic carbocycles. The maximum Gasteiger partial charge on any atom is 0.191 e. The number of rotatable bonds is 6. The normalized spacial score (nSPS) is 15.5. The molecule has 1 fully saturated rings. The Morgan fingerprint density at radius 3 is 2.56 bits per heavy atom. The van der Waals surface area contributed by atoms with Gasteiger partial charge in [0.05, 0.1) is 20.8 Å². The summed E-state index contributed by atoms with van der Waals surface area (Å²) in [6, 6.07) is 4.04. The summed E-state index contributed by atoms with van der Waals surface area (Å²) >= 11 is 0. The minimum atomic E-state index is 0. The van der Waals surface area contributed by atoms with Crippen LogP contribution >= 0.6 is 24.0 Å². The van der Waals surface area contributed by atoms with Crippen molar-refractivity contribution in [1.82, 2.24) is 4.90 Å². The number of guanidine groups is 1. The first-order chi connectivity index (χ1) is 11.6. The van der Waals surface area contributed by atoms with Crippen LogP contribution in [0, 0.1) is 5.92 Å². The van der Waals surface area contributed by atoms with Crippen LogP contribution < -0.4 is 15.2 Å². The van der Waals surface area contributed by atoms with E-state index in [1.54, 1.807) is 14.2 Å². The first-order valence-electron chi connectivity index (χ1n) is 8.48. The molecule has 0 radical (unpaired) electrons. The first kappa shape index (κ1) is 21.6. The van der Waals surface area contributed by atoms with E-state index in [1.165, 1.54) is 12.8 Å². The second kappa shape index (κ2) is 10.5. The van der Waals surface area contributed by atoms with Gasteiger partial charge < -0.3 is 20.1 Å². The fourth-order valence-electron chi connectivity index (χ4n) is 3.01. The summed E-state index contributed by atoms with van der Waals surface area (Å²) in [6.07, 6.45) is 4.93. The van der Waals surface area contributed by atoms with Gasteiger partial charge in [0.1, 0.15) is 0 Å². The lowest BCUT2D eigenvalue weighted by Crippen LogP contribution is -2.42. The van der Waals surface area contributed by atoms with Gasteiger partial charge in [0.2, 0.25) is 0 Å². The van der Waals surface area contributed by atoms with Gasteiger partial charge in [-0.05, 0) is 42.9 Å². The Morgan fingerprint density at radius 1 is 1.32 bits per heavy atom. The van der Waals surface area contributed by atoms with Crippen molar-refractivity contribution in [3.8, 4) is 11.5 Å². The Morgan fingerprint density at radius 2 is 2.00 bits per heavy atom. The van der Waals surface area contributed by atoms with Crippen LogP contribution in [0.1, 0.15) is 30.9 Å². The Kier molecular flexibility index (Phi) is 9.10. The number of nitrogens with two attached hydrogens (primary N) is 1. The first-order valence-corrected chi connectivity index (χ1v) is 8.48. The molecule has 0 bridgehead atoms. The highest BCUT2D eigenvalue weighted by Crippen LogP contribution is 2.33. The third-order valence-electron chi connectivity index (χ3n) is 4.51. The van der Waals surface area contributed by atoms with Crippen LogP contribution in [-0.2, 0) is 13.0 Å². The number of benzene rings is 1. The van der Waals surface area contributed by atoms with Crippen molar-refractivity contribution < 1.29 is 9.47 Å². The van der Waals surface area contributed by atoms with Crippen molar-refractivity contribution in [3.05, 3.63) is 35.9 Å². The average Bonchev–Trinajstić information content (AvgIpc) is 2.60. The molecule has 1 aliphatic rings. The van der Waals surface area contributed by atoms with Crippen LogP contribution in [0.4, 0.5) is 0 Å². The summed E-state index contributed by atoms with van der Waals surface area (Å²) in [7, 11) is 3.30. The third-order valence-corrected chi connectivity index (χ3v) is 4.51. The number of halogens is 1. The lowest BCUT2D eigenvalue weighted by atomic mass is 10.00. The largest absolute Gasteiger partial charge is 0.493 e. The standard InChI is InChI=1S/C19H29N3O2.HI/c1-5-6-16-11-15(12-17(23-3)18(16)24-4)13-21-19(20)22-9-7-14(2)8-10-22;/h5,11-12,14H,1,6-10,13H2,2-4H3,(H2,20,21);1H. The Balaban J connectivity index is 0.00000312. The number of ether oxygens (including phenoxy) is 2. The zero-order valence-electron chi connectivity index (χ0n) is 15.5. The minimum Gasteiger partial charge on any atom is -0.493 e. The SMILES string of the molecule is C=CCc1cc(CN=C(N)N2CCC(C)CC2)cc(OC)c1OC.I. The van der Waals surface area contributed by atoms with Crippen molar-refractivity contribution in [2.24, 2.45) is 16.6 Å². The molecule has 0 aromatic heterocycles. The van der Waals surface area contributed by atoms with Crippen molar-refractivity contribution >= 4 is 29.9 Å². The van der Waals surface area contributed by atoms with E-state index in [2.05, 4.69) is 29.5 Å². The van der Waals surface area contributed by atoms with Crippen molar-refractivity contribution in [1.29, 1.82) is 0 Å². The van der Waals surface area contributed by atoms with E-state index in [4.69, 9.17) is 15.2 Å². The van der Waals surface area contributed by atoms with Crippen molar-refractivity contribution in [3.63, 3.8) is 0 Å². The van der Waals surface area contributed by atoms with Gasteiger partial charge in [0.15, 0.2) is 17.5 Å². The molecule has 0 spiro atoms. The van der Waals surface area contributed by atoms with E-state index in [9.17, 15) is 0 Å². The van der Waals surface area contributed by atoms with Crippen molar-refractivity contribution in [2.75, 3.05) is 27.3 Å². The zero-order valence-corrected chi connectivity index (χ0v) is 17.8. The molecule has 1 aromatic rings. The number of likely N-dealkylation sites (tertiary alicyclic amines) is 1. The van der Waals surface area contributed by atoms with E-state index < -0.39 is 0 Å². The van der Waals surface area contributed by atoms with Gasteiger partial charge in [0, 0.05) is 18.7 Å². The quantitative estimate of drug-likeness (QED) is 0.306. The molecule has 5 nitrogen and oxygen atoms in total. The number of hydrogen-bond acceptors (Lipinski definition) is 3. The summed E-state index contributed by atoms with van der Waals surface area (Å²) < 4.78 is 10.9. The van der Waals surface area contributed by atoms with Crippen LogP contribution in [-0.4, -0.2) is 38.2 Å². The lowest BCUT2D eigenvalue weighted by Gasteiger charge is -2.31. The molecule has 25 heavy (non-hydrogen) atoms. The molecular formula is C19H30IN3O2. The topological polar surface area (TPSA) is 60.1 Å². The molecular weight excluding hydrogens is 429 g/mol.